The highest BCUT2D eigenvalue weighted by atomic mass is 16.6. The predicted molar refractivity (Wildman–Crippen MR) is 109 cm³/mol. The van der Waals surface area contributed by atoms with E-state index in [1.165, 1.54) is 0 Å². The first-order valence-corrected chi connectivity index (χ1v) is 10.7. The Morgan fingerprint density at radius 2 is 1.77 bits per heavy atom. The molecular formula is C22H26N4O4. The normalized spacial score (nSPS) is 17.8. The Morgan fingerprint density at radius 1 is 1.00 bits per heavy atom. The topological polar surface area (TPSA) is 76.9 Å². The molecule has 0 spiro atoms. The van der Waals surface area contributed by atoms with Crippen molar-refractivity contribution in [3.63, 3.8) is 0 Å². The van der Waals surface area contributed by atoms with Gasteiger partial charge in [-0.1, -0.05) is 0 Å². The lowest BCUT2D eigenvalue weighted by Gasteiger charge is -2.28. The second kappa shape index (κ2) is 7.66. The number of carbonyl (C=O) groups excluding carboxylic acids is 2. The zero-order valence-corrected chi connectivity index (χ0v) is 17.2. The fourth-order valence-electron chi connectivity index (χ4n) is 4.53. The second-order valence-electron chi connectivity index (χ2n) is 7.92. The van der Waals surface area contributed by atoms with Crippen LogP contribution in [0.5, 0.6) is 11.5 Å². The summed E-state index contributed by atoms with van der Waals surface area (Å²) >= 11 is 0. The number of rotatable bonds is 3. The molecule has 3 aliphatic rings. The summed E-state index contributed by atoms with van der Waals surface area (Å²) in [4.78, 5) is 30.0. The van der Waals surface area contributed by atoms with Gasteiger partial charge in [-0.05, 0) is 38.0 Å². The molecule has 0 radical (unpaired) electrons. The van der Waals surface area contributed by atoms with Crippen LogP contribution in [0.15, 0.2) is 18.2 Å². The molecule has 1 aromatic carbocycles. The zero-order valence-electron chi connectivity index (χ0n) is 17.2. The van der Waals surface area contributed by atoms with Gasteiger partial charge in [-0.3, -0.25) is 14.3 Å². The standard InChI is InChI=1S/C22H26N4O4/c1-2-26-17-7-10-25(14-16(17)20(23-26)22(28)24-8-3-4-9-24)21(27)15-5-6-18-19(13-15)30-12-11-29-18/h5-6,13H,2-4,7-12,14H2,1H3. The molecule has 0 N–H and O–H groups in total. The zero-order chi connectivity index (χ0) is 20.7. The van der Waals surface area contributed by atoms with Crippen molar-refractivity contribution in [2.24, 2.45) is 0 Å². The van der Waals surface area contributed by atoms with Gasteiger partial charge < -0.3 is 19.3 Å². The number of ether oxygens (including phenoxy) is 2. The van der Waals surface area contributed by atoms with E-state index in [4.69, 9.17) is 9.47 Å². The molecule has 1 saturated heterocycles. The summed E-state index contributed by atoms with van der Waals surface area (Å²) in [6.07, 6.45) is 2.77. The van der Waals surface area contributed by atoms with Gasteiger partial charge in [-0.25, -0.2) is 0 Å². The largest absolute Gasteiger partial charge is 0.486 e. The van der Waals surface area contributed by atoms with Crippen LogP contribution in [0.3, 0.4) is 0 Å². The highest BCUT2D eigenvalue weighted by Crippen LogP contribution is 2.32. The van der Waals surface area contributed by atoms with E-state index in [0.29, 0.717) is 62.0 Å². The number of likely N-dealkylation sites (tertiary alicyclic amines) is 1. The Balaban J connectivity index is 1.42. The fourth-order valence-corrected chi connectivity index (χ4v) is 4.53. The van der Waals surface area contributed by atoms with Crippen LogP contribution in [0.2, 0.25) is 0 Å². The average molecular weight is 410 g/mol. The van der Waals surface area contributed by atoms with Gasteiger partial charge in [0.05, 0.1) is 6.54 Å². The molecule has 0 unspecified atom stereocenters. The van der Waals surface area contributed by atoms with Crippen molar-refractivity contribution in [1.82, 2.24) is 19.6 Å². The van der Waals surface area contributed by atoms with Gasteiger partial charge in [-0.15, -0.1) is 0 Å². The predicted octanol–water partition coefficient (Wildman–Crippen LogP) is 2.11. The van der Waals surface area contributed by atoms with E-state index in [1.54, 1.807) is 23.1 Å². The lowest BCUT2D eigenvalue weighted by atomic mass is 10.0. The SMILES string of the molecule is CCn1nc(C(=O)N2CCCC2)c2c1CCN(C(=O)c1ccc3c(c1)OCCO3)C2. The van der Waals surface area contributed by atoms with Crippen molar-refractivity contribution in [1.29, 1.82) is 0 Å². The van der Waals surface area contributed by atoms with Gasteiger partial charge >= 0.3 is 0 Å². The Bertz CT molecular complexity index is 993. The Labute approximate surface area is 175 Å². The Hall–Kier alpha value is -3.03. The molecule has 30 heavy (non-hydrogen) atoms. The van der Waals surface area contributed by atoms with E-state index in [-0.39, 0.29) is 11.8 Å². The van der Waals surface area contributed by atoms with Gasteiger partial charge in [0.15, 0.2) is 17.2 Å². The van der Waals surface area contributed by atoms with E-state index < -0.39 is 0 Å². The first-order chi connectivity index (χ1) is 14.7. The van der Waals surface area contributed by atoms with Crippen LogP contribution in [0.1, 0.15) is 51.9 Å². The molecule has 3 aliphatic heterocycles. The molecule has 8 nitrogen and oxygen atoms in total. The third-order valence-electron chi connectivity index (χ3n) is 6.11. The number of carbonyl (C=O) groups is 2. The van der Waals surface area contributed by atoms with E-state index in [1.807, 2.05) is 16.5 Å². The van der Waals surface area contributed by atoms with Crippen LogP contribution in [0, 0.1) is 0 Å². The number of aryl methyl sites for hydroxylation is 1. The third kappa shape index (κ3) is 3.20. The van der Waals surface area contributed by atoms with Crippen LogP contribution < -0.4 is 9.47 Å². The third-order valence-corrected chi connectivity index (χ3v) is 6.11. The summed E-state index contributed by atoms with van der Waals surface area (Å²) in [5.41, 5.74) is 3.04. The monoisotopic (exact) mass is 410 g/mol. The van der Waals surface area contributed by atoms with Crippen molar-refractivity contribution in [2.75, 3.05) is 32.8 Å². The van der Waals surface area contributed by atoms with Crippen LogP contribution >= 0.6 is 0 Å². The summed E-state index contributed by atoms with van der Waals surface area (Å²) in [5, 5.41) is 4.63. The van der Waals surface area contributed by atoms with Gasteiger partial charge in [0, 0.05) is 49.4 Å². The second-order valence-corrected chi connectivity index (χ2v) is 7.92. The van der Waals surface area contributed by atoms with Crippen molar-refractivity contribution < 1.29 is 19.1 Å². The Morgan fingerprint density at radius 3 is 2.53 bits per heavy atom. The maximum absolute atomic E-state index is 13.2. The van der Waals surface area contributed by atoms with E-state index in [2.05, 4.69) is 5.10 Å². The maximum atomic E-state index is 13.2. The number of hydrogen-bond acceptors (Lipinski definition) is 5. The fraction of sp³-hybridized carbons (Fsp3) is 0.500. The highest BCUT2D eigenvalue weighted by Gasteiger charge is 2.33. The van der Waals surface area contributed by atoms with Gasteiger partial charge in [0.25, 0.3) is 11.8 Å². The van der Waals surface area contributed by atoms with Gasteiger partial charge in [-0.2, -0.15) is 5.10 Å². The molecule has 1 fully saturated rings. The molecule has 2 aromatic rings. The first kappa shape index (κ1) is 19.0. The molecule has 8 heteroatoms. The molecule has 0 atom stereocenters. The molecular weight excluding hydrogens is 384 g/mol. The maximum Gasteiger partial charge on any atom is 0.274 e. The molecule has 2 amide bonds. The number of amides is 2. The highest BCUT2D eigenvalue weighted by molar-refractivity contribution is 5.96. The van der Waals surface area contributed by atoms with E-state index >= 15 is 0 Å². The lowest BCUT2D eigenvalue weighted by Crippen LogP contribution is -2.37. The first-order valence-electron chi connectivity index (χ1n) is 10.7. The average Bonchev–Trinajstić information content (AvgIpc) is 3.45. The molecule has 0 bridgehead atoms. The summed E-state index contributed by atoms with van der Waals surface area (Å²) < 4.78 is 13.1. The smallest absolute Gasteiger partial charge is 0.274 e. The van der Waals surface area contributed by atoms with Gasteiger partial charge in [0.1, 0.15) is 13.2 Å². The molecule has 4 heterocycles. The summed E-state index contributed by atoms with van der Waals surface area (Å²) in [7, 11) is 0. The quantitative estimate of drug-likeness (QED) is 0.775. The van der Waals surface area contributed by atoms with Crippen molar-refractivity contribution in [2.45, 2.75) is 39.3 Å². The summed E-state index contributed by atoms with van der Waals surface area (Å²) in [5.74, 6) is 1.20. The molecule has 0 saturated carbocycles. The number of fused-ring (bicyclic) bond motifs is 2. The minimum absolute atomic E-state index is 0.00965. The number of benzene rings is 1. The van der Waals surface area contributed by atoms with Crippen LogP contribution in [0.4, 0.5) is 0 Å². The van der Waals surface area contributed by atoms with Crippen LogP contribution in [-0.2, 0) is 19.5 Å². The summed E-state index contributed by atoms with van der Waals surface area (Å²) in [6.45, 7) is 6.32. The minimum atomic E-state index is -0.0681. The van der Waals surface area contributed by atoms with Gasteiger partial charge in [0.2, 0.25) is 0 Å². The van der Waals surface area contributed by atoms with Crippen LogP contribution in [-0.4, -0.2) is 64.2 Å². The van der Waals surface area contributed by atoms with E-state index in [0.717, 1.165) is 37.2 Å². The Kier molecular flexibility index (Phi) is 4.84. The van der Waals surface area contributed by atoms with E-state index in [9.17, 15) is 9.59 Å². The van der Waals surface area contributed by atoms with Crippen molar-refractivity contribution in [3.8, 4) is 11.5 Å². The summed E-state index contributed by atoms with van der Waals surface area (Å²) in [6, 6.07) is 5.31. The molecule has 1 aromatic heterocycles. The minimum Gasteiger partial charge on any atom is -0.486 e. The molecule has 0 aliphatic carbocycles. The van der Waals surface area contributed by atoms with Crippen LogP contribution in [0.25, 0.3) is 0 Å². The number of aromatic nitrogens is 2. The molecule has 158 valence electrons. The lowest BCUT2D eigenvalue weighted by molar-refractivity contribution is 0.0721. The van der Waals surface area contributed by atoms with Crippen molar-refractivity contribution in [3.05, 3.63) is 40.7 Å². The molecule has 5 rings (SSSR count). The van der Waals surface area contributed by atoms with Crippen molar-refractivity contribution >= 4 is 11.8 Å². The number of hydrogen-bond donors (Lipinski definition) is 0. The number of nitrogens with zero attached hydrogens (tertiary/aromatic N) is 4.